The van der Waals surface area contributed by atoms with Crippen LogP contribution in [0.1, 0.15) is 5.69 Å². The molecule has 11 heteroatoms. The first-order valence-electron chi connectivity index (χ1n) is 7.00. The molecule has 0 N–H and O–H groups in total. The smallest absolute Gasteiger partial charge is 0.480 e. The molecule has 2 heterocycles. The Morgan fingerprint density at radius 1 is 1.08 bits per heavy atom. The van der Waals surface area contributed by atoms with Crippen molar-refractivity contribution in [2.75, 3.05) is 7.11 Å². The van der Waals surface area contributed by atoms with Gasteiger partial charge in [-0.25, -0.2) is 9.48 Å². The Kier molecular flexibility index (Phi) is 6.92. The van der Waals surface area contributed by atoms with Gasteiger partial charge in [0.25, 0.3) is 0 Å². The first-order valence-corrected chi connectivity index (χ1v) is 7.38. The summed E-state index contributed by atoms with van der Waals surface area (Å²) in [7, 11) is 1.53. The minimum atomic E-state index is -2.83. The van der Waals surface area contributed by atoms with Crippen LogP contribution in [0.3, 0.4) is 0 Å². The number of carbonyl (C=O) groups is 1. The van der Waals surface area contributed by atoms with Crippen molar-refractivity contribution in [3.8, 4) is 17.4 Å². The molecule has 1 aromatic carbocycles. The van der Waals surface area contributed by atoms with Crippen LogP contribution in [0.25, 0.3) is 5.69 Å². The van der Waals surface area contributed by atoms with Gasteiger partial charge in [-0.05, 0) is 24.3 Å². The molecule has 0 fully saturated rings. The molecule has 0 amide bonds. The van der Waals surface area contributed by atoms with Crippen molar-refractivity contribution in [1.82, 2.24) is 25.2 Å². The number of halogens is 3. The summed E-state index contributed by atoms with van der Waals surface area (Å²) in [5, 5.41) is 16.5. The van der Waals surface area contributed by atoms with Crippen LogP contribution >= 0.6 is 11.6 Å². The lowest BCUT2D eigenvalue weighted by Gasteiger charge is -2.02. The van der Waals surface area contributed by atoms with Crippen molar-refractivity contribution in [3.05, 3.63) is 53.3 Å². The van der Waals surface area contributed by atoms with Gasteiger partial charge in [0.2, 0.25) is 11.8 Å². The topological polar surface area (TPSA) is 92.0 Å². The minimum Gasteiger partial charge on any atom is -0.480 e. The van der Waals surface area contributed by atoms with Gasteiger partial charge < -0.3 is 9.47 Å². The van der Waals surface area contributed by atoms with Crippen LogP contribution in [0.15, 0.2) is 42.6 Å². The molecule has 0 atom stereocenters. The molecule has 0 unspecified atom stereocenters. The second kappa shape index (κ2) is 9.37. The Balaban J connectivity index is 0.000000552. The molecule has 136 valence electrons. The lowest BCUT2D eigenvalue weighted by atomic mass is 10.3. The van der Waals surface area contributed by atoms with Gasteiger partial charge in [-0.2, -0.15) is 0 Å². The van der Waals surface area contributed by atoms with E-state index in [-0.39, 0.29) is 6.61 Å². The predicted molar refractivity (Wildman–Crippen MR) is 86.9 cm³/mol. The summed E-state index contributed by atoms with van der Waals surface area (Å²) in [5.74, 6) is 0.822. The lowest BCUT2D eigenvalue weighted by Crippen LogP contribution is -1.99. The molecule has 0 bridgehead atoms. The quantitative estimate of drug-likeness (QED) is 0.624. The molecule has 26 heavy (non-hydrogen) atoms. The summed E-state index contributed by atoms with van der Waals surface area (Å²) in [5.41, 5.74) is 1.54. The van der Waals surface area contributed by atoms with E-state index in [1.807, 2.05) is 12.1 Å². The third kappa shape index (κ3) is 6.06. The molecule has 3 rings (SSSR count). The summed E-state index contributed by atoms with van der Waals surface area (Å²) in [6.45, 7) is 0.245. The lowest BCUT2D eigenvalue weighted by molar-refractivity contribution is 0.199. The molecular weight excluding hydrogens is 372 g/mol. The van der Waals surface area contributed by atoms with E-state index in [9.17, 15) is 8.78 Å². The fourth-order valence-electron chi connectivity index (χ4n) is 1.73. The van der Waals surface area contributed by atoms with Crippen LogP contribution in [0.2, 0.25) is 5.02 Å². The predicted octanol–water partition coefficient (Wildman–Crippen LogP) is 3.34. The summed E-state index contributed by atoms with van der Waals surface area (Å²) >= 11 is 5.86. The highest BCUT2D eigenvalue weighted by Crippen LogP contribution is 2.14. The van der Waals surface area contributed by atoms with Gasteiger partial charge in [0.05, 0.1) is 19.0 Å². The van der Waals surface area contributed by atoms with E-state index < -0.39 is 6.29 Å². The van der Waals surface area contributed by atoms with E-state index in [1.54, 1.807) is 35.1 Å². The maximum atomic E-state index is 9.69. The zero-order valence-corrected chi connectivity index (χ0v) is 14.1. The van der Waals surface area contributed by atoms with Crippen molar-refractivity contribution in [2.24, 2.45) is 0 Å². The van der Waals surface area contributed by atoms with E-state index in [1.165, 1.54) is 7.11 Å². The first-order chi connectivity index (χ1) is 12.5. The molecular formula is C15H12ClF2N5O3. The van der Waals surface area contributed by atoms with Gasteiger partial charge in [0, 0.05) is 17.2 Å². The van der Waals surface area contributed by atoms with Crippen molar-refractivity contribution in [1.29, 1.82) is 0 Å². The number of nitrogens with zero attached hydrogens (tertiary/aromatic N) is 5. The number of methoxy groups -OCH3 is 1. The molecule has 3 aromatic rings. The molecule has 0 radical (unpaired) electrons. The number of rotatable bonds is 5. The molecule has 0 aliphatic rings. The molecule has 0 aliphatic heterocycles. The third-order valence-corrected chi connectivity index (χ3v) is 3.08. The second-order valence-corrected chi connectivity index (χ2v) is 5.00. The van der Waals surface area contributed by atoms with Gasteiger partial charge in [-0.1, -0.05) is 16.8 Å². The van der Waals surface area contributed by atoms with E-state index >= 15 is 0 Å². The van der Waals surface area contributed by atoms with Crippen LogP contribution in [-0.2, 0) is 6.61 Å². The van der Waals surface area contributed by atoms with Crippen molar-refractivity contribution in [3.63, 3.8) is 0 Å². The average molecular weight is 384 g/mol. The Labute approximate surface area is 151 Å². The van der Waals surface area contributed by atoms with Crippen molar-refractivity contribution < 1.29 is 23.0 Å². The van der Waals surface area contributed by atoms with Crippen LogP contribution in [0, 0.1) is 0 Å². The zero-order valence-electron chi connectivity index (χ0n) is 13.3. The zero-order chi connectivity index (χ0) is 18.9. The van der Waals surface area contributed by atoms with Gasteiger partial charge in [-0.15, -0.1) is 24.1 Å². The number of benzene rings is 1. The largest absolute Gasteiger partial charge is 0.483 e. The Bertz CT molecular complexity index is 839. The highest BCUT2D eigenvalue weighted by atomic mass is 35.5. The summed E-state index contributed by atoms with van der Waals surface area (Å²) in [6.07, 6.45) is -1.06. The van der Waals surface area contributed by atoms with E-state index in [2.05, 4.69) is 20.5 Å². The fourth-order valence-corrected chi connectivity index (χ4v) is 1.85. The molecule has 2 aromatic heterocycles. The van der Waals surface area contributed by atoms with Gasteiger partial charge in [0.1, 0.15) is 12.3 Å². The average Bonchev–Trinajstić information content (AvgIpc) is 3.09. The van der Waals surface area contributed by atoms with Crippen molar-refractivity contribution >= 4 is 17.9 Å². The maximum absolute atomic E-state index is 9.69. The van der Waals surface area contributed by atoms with E-state index in [4.69, 9.17) is 25.9 Å². The summed E-state index contributed by atoms with van der Waals surface area (Å²) < 4.78 is 31.5. The van der Waals surface area contributed by atoms with E-state index in [0.29, 0.717) is 22.5 Å². The monoisotopic (exact) mass is 383 g/mol. The number of ether oxygens (including phenoxy) is 2. The fraction of sp³-hybridized carbons (Fsp3) is 0.133. The summed E-state index contributed by atoms with van der Waals surface area (Å²) in [4.78, 5) is 8.11. The Morgan fingerprint density at radius 2 is 1.69 bits per heavy atom. The van der Waals surface area contributed by atoms with Gasteiger partial charge >= 0.3 is 6.29 Å². The van der Waals surface area contributed by atoms with Gasteiger partial charge in [0.15, 0.2) is 0 Å². The second-order valence-electron chi connectivity index (χ2n) is 4.56. The highest BCUT2D eigenvalue weighted by molar-refractivity contribution is 6.30. The maximum Gasteiger partial charge on any atom is 0.483 e. The molecule has 0 saturated heterocycles. The number of carbonyl (C=O) groups excluding carboxylic acids is 1. The molecule has 0 aliphatic carbocycles. The SMILES string of the molecule is COc1ccc(OCc2cn(-c3ccc(Cl)cc3)nn2)nn1.O=C(F)F. The van der Waals surface area contributed by atoms with E-state index in [0.717, 1.165) is 5.69 Å². The normalized spacial score (nSPS) is 9.85. The third-order valence-electron chi connectivity index (χ3n) is 2.82. The molecule has 8 nitrogen and oxygen atoms in total. The Morgan fingerprint density at radius 3 is 2.27 bits per heavy atom. The first kappa shape index (κ1) is 19.2. The van der Waals surface area contributed by atoms with Crippen molar-refractivity contribution in [2.45, 2.75) is 6.61 Å². The van der Waals surface area contributed by atoms with Gasteiger partial charge in [-0.3, -0.25) is 0 Å². The minimum absolute atomic E-state index is 0.245. The number of hydrogen-bond donors (Lipinski definition) is 0. The van der Waals surface area contributed by atoms with Crippen LogP contribution in [0.5, 0.6) is 11.8 Å². The number of aromatic nitrogens is 5. The van der Waals surface area contributed by atoms with Crippen LogP contribution < -0.4 is 9.47 Å². The summed E-state index contributed by atoms with van der Waals surface area (Å²) in [6, 6.07) is 10.7. The Hall–Kier alpha value is -3.14. The highest BCUT2D eigenvalue weighted by Gasteiger charge is 2.05. The molecule has 0 spiro atoms. The van der Waals surface area contributed by atoms with Crippen LogP contribution in [0.4, 0.5) is 13.6 Å². The standard InChI is InChI=1S/C14H12ClN5O2.CF2O/c1-21-13-6-7-14(18-17-13)22-9-11-8-20(19-16-11)12-4-2-10(15)3-5-12;2-1(3)4/h2-8H,9H2,1H3;. The van der Waals surface area contributed by atoms with Crippen LogP contribution in [-0.4, -0.2) is 38.6 Å². The molecule has 0 saturated carbocycles. The number of hydrogen-bond acceptors (Lipinski definition) is 7.